The Kier molecular flexibility index (Phi) is 4.00. The second-order valence-electron chi connectivity index (χ2n) is 5.86. The van der Waals surface area contributed by atoms with Crippen LogP contribution in [0.2, 0.25) is 0 Å². The van der Waals surface area contributed by atoms with Gasteiger partial charge in [0.05, 0.1) is 4.75 Å². The fourth-order valence-electron chi connectivity index (χ4n) is 2.16. The molecule has 0 aliphatic rings. The van der Waals surface area contributed by atoms with Gasteiger partial charge in [-0.1, -0.05) is 60.7 Å². The molecule has 2 aromatic rings. The molecule has 0 bridgehead atoms. The second-order valence-corrected chi connectivity index (χ2v) is 8.64. The summed E-state index contributed by atoms with van der Waals surface area (Å²) in [6.07, 6.45) is 0. The van der Waals surface area contributed by atoms with Crippen molar-refractivity contribution in [3.8, 4) is 0 Å². The number of hydrogen-bond acceptors (Lipinski definition) is 2. The highest BCUT2D eigenvalue weighted by molar-refractivity contribution is 7.93. The zero-order valence-corrected chi connectivity index (χ0v) is 12.9. The normalized spacial score (nSPS) is 12.6. The van der Waals surface area contributed by atoms with Gasteiger partial charge in [-0.2, -0.15) is 0 Å². The van der Waals surface area contributed by atoms with Gasteiger partial charge in [-0.05, 0) is 31.9 Å². The Morgan fingerprint density at radius 2 is 1.10 bits per heavy atom. The van der Waals surface area contributed by atoms with Crippen LogP contribution >= 0.6 is 0 Å². The zero-order chi connectivity index (χ0) is 14.8. The van der Waals surface area contributed by atoms with Crippen molar-refractivity contribution in [1.82, 2.24) is 0 Å². The Morgan fingerprint density at radius 1 is 0.750 bits per heavy atom. The lowest BCUT2D eigenvalue weighted by Gasteiger charge is -2.27. The average molecular weight is 288 g/mol. The SMILES string of the molecule is CC(C)(C)S(=O)(=O)C(c1ccccc1)c1ccccc1. The predicted octanol–water partition coefficient (Wildman–Crippen LogP) is 3.99. The molecule has 0 spiro atoms. The first-order chi connectivity index (χ1) is 9.34. The molecule has 20 heavy (non-hydrogen) atoms. The summed E-state index contributed by atoms with van der Waals surface area (Å²) in [5.74, 6) is 0. The van der Waals surface area contributed by atoms with E-state index in [-0.39, 0.29) is 0 Å². The van der Waals surface area contributed by atoms with Gasteiger partial charge in [0.15, 0.2) is 9.84 Å². The van der Waals surface area contributed by atoms with Crippen molar-refractivity contribution < 1.29 is 8.42 Å². The Hall–Kier alpha value is -1.61. The number of sulfone groups is 1. The molecule has 106 valence electrons. The van der Waals surface area contributed by atoms with Gasteiger partial charge < -0.3 is 0 Å². The molecule has 0 radical (unpaired) electrons. The average Bonchev–Trinajstić information content (AvgIpc) is 2.40. The molecule has 2 nitrogen and oxygen atoms in total. The van der Waals surface area contributed by atoms with Crippen molar-refractivity contribution in [2.45, 2.75) is 30.8 Å². The first kappa shape index (κ1) is 14.8. The summed E-state index contributed by atoms with van der Waals surface area (Å²) in [5.41, 5.74) is 1.63. The summed E-state index contributed by atoms with van der Waals surface area (Å²) >= 11 is 0. The van der Waals surface area contributed by atoms with Gasteiger partial charge in [0.25, 0.3) is 0 Å². The van der Waals surface area contributed by atoms with Crippen LogP contribution in [0.5, 0.6) is 0 Å². The van der Waals surface area contributed by atoms with Gasteiger partial charge in [0, 0.05) is 0 Å². The van der Waals surface area contributed by atoms with E-state index in [9.17, 15) is 8.42 Å². The highest BCUT2D eigenvalue weighted by atomic mass is 32.2. The Morgan fingerprint density at radius 3 is 1.40 bits per heavy atom. The highest BCUT2D eigenvalue weighted by Gasteiger charge is 2.38. The lowest BCUT2D eigenvalue weighted by molar-refractivity contribution is 0.552. The largest absolute Gasteiger partial charge is 0.227 e. The summed E-state index contributed by atoms with van der Waals surface area (Å²) < 4.78 is 25.1. The minimum absolute atomic E-state index is 0.620. The molecule has 0 amide bonds. The summed E-state index contributed by atoms with van der Waals surface area (Å²) in [4.78, 5) is 0. The predicted molar refractivity (Wildman–Crippen MR) is 83.4 cm³/mol. The van der Waals surface area contributed by atoms with Crippen LogP contribution < -0.4 is 0 Å². The number of hydrogen-bond donors (Lipinski definition) is 0. The number of benzene rings is 2. The van der Waals surface area contributed by atoms with Crippen LogP contribution in [-0.2, 0) is 9.84 Å². The van der Waals surface area contributed by atoms with Gasteiger partial charge in [-0.25, -0.2) is 8.42 Å². The van der Waals surface area contributed by atoms with Crippen molar-refractivity contribution in [2.75, 3.05) is 0 Å². The summed E-state index contributed by atoms with van der Waals surface area (Å²) in [6, 6.07) is 18.8. The first-order valence-corrected chi connectivity index (χ1v) is 8.22. The van der Waals surface area contributed by atoms with Crippen LogP contribution in [0.1, 0.15) is 37.1 Å². The van der Waals surface area contributed by atoms with Crippen LogP contribution in [0.4, 0.5) is 0 Å². The van der Waals surface area contributed by atoms with E-state index in [0.29, 0.717) is 0 Å². The Labute approximate surface area is 121 Å². The lowest BCUT2D eigenvalue weighted by atomic mass is 10.0. The molecule has 0 unspecified atom stereocenters. The van der Waals surface area contributed by atoms with E-state index in [1.807, 2.05) is 60.7 Å². The molecule has 0 saturated carbocycles. The van der Waals surface area contributed by atoms with Crippen molar-refractivity contribution in [2.24, 2.45) is 0 Å². The Balaban J connectivity index is 2.64. The lowest BCUT2D eigenvalue weighted by Crippen LogP contribution is -2.33. The van der Waals surface area contributed by atoms with Crippen molar-refractivity contribution >= 4 is 9.84 Å². The van der Waals surface area contributed by atoms with Crippen molar-refractivity contribution in [1.29, 1.82) is 0 Å². The smallest absolute Gasteiger partial charge is 0.166 e. The topological polar surface area (TPSA) is 34.1 Å². The molecule has 0 fully saturated rings. The van der Waals surface area contributed by atoms with E-state index in [4.69, 9.17) is 0 Å². The van der Waals surface area contributed by atoms with Gasteiger partial charge >= 0.3 is 0 Å². The minimum atomic E-state index is -3.34. The molecule has 3 heteroatoms. The van der Waals surface area contributed by atoms with Crippen LogP contribution in [0.15, 0.2) is 60.7 Å². The molecule has 0 N–H and O–H groups in total. The zero-order valence-electron chi connectivity index (χ0n) is 12.1. The van der Waals surface area contributed by atoms with Gasteiger partial charge in [0.2, 0.25) is 0 Å². The molecule has 0 atom stereocenters. The standard InChI is InChI=1S/C17H20O2S/c1-17(2,3)20(18,19)16(14-10-6-4-7-11-14)15-12-8-5-9-13-15/h4-13,16H,1-3H3. The van der Waals surface area contributed by atoms with E-state index in [1.54, 1.807) is 20.8 Å². The maximum absolute atomic E-state index is 13.0. The first-order valence-electron chi connectivity index (χ1n) is 6.67. The summed E-state index contributed by atoms with van der Waals surface area (Å²) in [6.45, 7) is 5.25. The molecule has 0 heterocycles. The third-order valence-corrected chi connectivity index (χ3v) is 6.24. The van der Waals surface area contributed by atoms with E-state index < -0.39 is 19.8 Å². The molecule has 0 aliphatic heterocycles. The van der Waals surface area contributed by atoms with Gasteiger partial charge in [-0.3, -0.25) is 0 Å². The van der Waals surface area contributed by atoms with E-state index in [1.165, 1.54) is 0 Å². The molecular weight excluding hydrogens is 268 g/mol. The molecular formula is C17H20O2S. The van der Waals surface area contributed by atoms with E-state index in [0.717, 1.165) is 11.1 Å². The summed E-state index contributed by atoms with van der Waals surface area (Å²) in [7, 11) is -3.34. The van der Waals surface area contributed by atoms with Crippen LogP contribution in [0, 0.1) is 0 Å². The fraction of sp³-hybridized carbons (Fsp3) is 0.294. The fourth-order valence-corrected chi connectivity index (χ4v) is 3.90. The van der Waals surface area contributed by atoms with Crippen LogP contribution in [0.25, 0.3) is 0 Å². The maximum atomic E-state index is 13.0. The van der Waals surface area contributed by atoms with E-state index >= 15 is 0 Å². The molecule has 2 rings (SSSR count). The number of rotatable bonds is 3. The van der Waals surface area contributed by atoms with Crippen LogP contribution in [0.3, 0.4) is 0 Å². The third kappa shape index (κ3) is 2.78. The molecule has 0 saturated heterocycles. The second kappa shape index (κ2) is 5.41. The minimum Gasteiger partial charge on any atom is -0.227 e. The quantitative estimate of drug-likeness (QED) is 0.856. The van der Waals surface area contributed by atoms with Crippen molar-refractivity contribution in [3.05, 3.63) is 71.8 Å². The maximum Gasteiger partial charge on any atom is 0.166 e. The Bertz CT molecular complexity index is 614. The van der Waals surface area contributed by atoms with Crippen molar-refractivity contribution in [3.63, 3.8) is 0 Å². The summed E-state index contributed by atoms with van der Waals surface area (Å²) in [5, 5.41) is -0.620. The van der Waals surface area contributed by atoms with Gasteiger partial charge in [-0.15, -0.1) is 0 Å². The third-order valence-electron chi connectivity index (χ3n) is 3.37. The monoisotopic (exact) mass is 288 g/mol. The molecule has 0 aliphatic carbocycles. The van der Waals surface area contributed by atoms with E-state index in [2.05, 4.69) is 0 Å². The molecule has 2 aromatic carbocycles. The van der Waals surface area contributed by atoms with Gasteiger partial charge in [0.1, 0.15) is 5.25 Å². The van der Waals surface area contributed by atoms with Crippen LogP contribution in [-0.4, -0.2) is 13.2 Å². The molecule has 0 aromatic heterocycles. The highest BCUT2D eigenvalue weighted by Crippen LogP contribution is 2.36.